The topological polar surface area (TPSA) is 44.8 Å². The van der Waals surface area contributed by atoms with Crippen molar-refractivity contribution in [3.05, 3.63) is 58.1 Å². The van der Waals surface area contributed by atoms with Gasteiger partial charge in [-0.3, -0.25) is 14.6 Å². The Morgan fingerprint density at radius 1 is 1.07 bits per heavy atom. The summed E-state index contributed by atoms with van der Waals surface area (Å²) < 4.78 is 5.18. The molecule has 0 spiro atoms. The molecule has 3 rings (SSSR count). The van der Waals surface area contributed by atoms with Crippen LogP contribution in [-0.4, -0.2) is 55.5 Å². The molecule has 0 atom stereocenters. The van der Waals surface area contributed by atoms with Gasteiger partial charge < -0.3 is 10.1 Å². The van der Waals surface area contributed by atoms with Crippen LogP contribution >= 0.6 is 23.2 Å². The SMILES string of the molecule is COc1cccc(NC(=O)CN2CCN(Cc3ccc(Cl)cc3Cl)CC2)c1. The Kier molecular flexibility index (Phi) is 6.96. The van der Waals surface area contributed by atoms with Crippen molar-refractivity contribution in [1.29, 1.82) is 0 Å². The third-order valence-electron chi connectivity index (χ3n) is 4.59. The van der Waals surface area contributed by atoms with Gasteiger partial charge in [-0.25, -0.2) is 0 Å². The molecule has 7 heteroatoms. The lowest BCUT2D eigenvalue weighted by Gasteiger charge is -2.34. The molecule has 1 aliphatic rings. The van der Waals surface area contributed by atoms with E-state index < -0.39 is 0 Å². The van der Waals surface area contributed by atoms with E-state index >= 15 is 0 Å². The zero-order chi connectivity index (χ0) is 19.2. The fraction of sp³-hybridized carbons (Fsp3) is 0.350. The van der Waals surface area contributed by atoms with Gasteiger partial charge >= 0.3 is 0 Å². The molecule has 1 N–H and O–H groups in total. The molecule has 1 heterocycles. The number of hydrogen-bond donors (Lipinski definition) is 1. The van der Waals surface area contributed by atoms with Crippen LogP contribution in [-0.2, 0) is 11.3 Å². The molecule has 2 aromatic carbocycles. The predicted molar refractivity (Wildman–Crippen MR) is 110 cm³/mol. The highest BCUT2D eigenvalue weighted by molar-refractivity contribution is 6.35. The van der Waals surface area contributed by atoms with E-state index in [1.54, 1.807) is 13.2 Å². The Morgan fingerprint density at radius 3 is 2.52 bits per heavy atom. The highest BCUT2D eigenvalue weighted by Gasteiger charge is 2.19. The summed E-state index contributed by atoms with van der Waals surface area (Å²) in [5.74, 6) is 0.708. The molecule has 0 aliphatic carbocycles. The van der Waals surface area contributed by atoms with Gasteiger partial charge in [0.25, 0.3) is 0 Å². The summed E-state index contributed by atoms with van der Waals surface area (Å²) in [5, 5.41) is 4.27. The number of nitrogens with zero attached hydrogens (tertiary/aromatic N) is 2. The van der Waals surface area contributed by atoms with Crippen LogP contribution in [0.3, 0.4) is 0 Å². The van der Waals surface area contributed by atoms with Crippen LogP contribution in [0, 0.1) is 0 Å². The molecule has 2 aromatic rings. The maximum absolute atomic E-state index is 12.3. The second-order valence-corrected chi connectivity index (χ2v) is 7.41. The number of hydrogen-bond acceptors (Lipinski definition) is 4. The van der Waals surface area contributed by atoms with Gasteiger partial charge in [-0.15, -0.1) is 0 Å². The highest BCUT2D eigenvalue weighted by Crippen LogP contribution is 2.23. The number of ether oxygens (including phenoxy) is 1. The Balaban J connectivity index is 1.45. The van der Waals surface area contributed by atoms with Crippen LogP contribution in [0.15, 0.2) is 42.5 Å². The van der Waals surface area contributed by atoms with Crippen molar-refractivity contribution in [3.8, 4) is 5.75 Å². The van der Waals surface area contributed by atoms with Crippen molar-refractivity contribution in [1.82, 2.24) is 9.80 Å². The van der Waals surface area contributed by atoms with E-state index in [0.29, 0.717) is 16.6 Å². The first-order chi connectivity index (χ1) is 13.0. The third-order valence-corrected chi connectivity index (χ3v) is 5.18. The molecule has 0 bridgehead atoms. The van der Waals surface area contributed by atoms with Crippen LogP contribution in [0.5, 0.6) is 5.75 Å². The molecule has 1 amide bonds. The monoisotopic (exact) mass is 407 g/mol. The Labute approximate surface area is 169 Å². The first kappa shape index (κ1) is 20.0. The number of carbonyl (C=O) groups is 1. The molecule has 0 unspecified atom stereocenters. The number of methoxy groups -OCH3 is 1. The minimum absolute atomic E-state index is 0.0163. The van der Waals surface area contributed by atoms with E-state index in [2.05, 4.69) is 15.1 Å². The smallest absolute Gasteiger partial charge is 0.238 e. The van der Waals surface area contributed by atoms with Crippen molar-refractivity contribution in [2.45, 2.75) is 6.54 Å². The normalized spacial score (nSPS) is 15.5. The zero-order valence-corrected chi connectivity index (χ0v) is 16.8. The number of amides is 1. The standard InChI is InChI=1S/C20H23Cl2N3O2/c1-27-18-4-2-3-17(12-18)23-20(26)14-25-9-7-24(8-10-25)13-15-5-6-16(21)11-19(15)22/h2-6,11-12H,7-10,13-14H2,1H3,(H,23,26). The molecule has 5 nitrogen and oxygen atoms in total. The summed E-state index contributed by atoms with van der Waals surface area (Å²) in [6, 6.07) is 13.0. The Morgan fingerprint density at radius 2 is 1.81 bits per heavy atom. The van der Waals surface area contributed by atoms with E-state index in [4.69, 9.17) is 27.9 Å². The van der Waals surface area contributed by atoms with Crippen LogP contribution in [0.2, 0.25) is 10.0 Å². The summed E-state index contributed by atoms with van der Waals surface area (Å²) in [4.78, 5) is 16.8. The van der Waals surface area contributed by atoms with Gasteiger partial charge in [0, 0.05) is 54.5 Å². The largest absolute Gasteiger partial charge is 0.497 e. The number of carbonyl (C=O) groups excluding carboxylic acids is 1. The van der Waals surface area contributed by atoms with Crippen LogP contribution in [0.25, 0.3) is 0 Å². The van der Waals surface area contributed by atoms with Crippen LogP contribution in [0.4, 0.5) is 5.69 Å². The first-order valence-corrected chi connectivity index (χ1v) is 9.61. The van der Waals surface area contributed by atoms with E-state index in [9.17, 15) is 4.79 Å². The van der Waals surface area contributed by atoms with Crippen molar-refractivity contribution in [3.63, 3.8) is 0 Å². The quantitative estimate of drug-likeness (QED) is 0.791. The number of benzene rings is 2. The van der Waals surface area contributed by atoms with Crippen molar-refractivity contribution < 1.29 is 9.53 Å². The predicted octanol–water partition coefficient (Wildman–Crippen LogP) is 3.76. The number of nitrogens with one attached hydrogen (secondary N) is 1. The average molecular weight is 408 g/mol. The van der Waals surface area contributed by atoms with Crippen molar-refractivity contribution in [2.75, 3.05) is 45.2 Å². The summed E-state index contributed by atoms with van der Waals surface area (Å²) in [7, 11) is 1.61. The number of piperazine rings is 1. The fourth-order valence-electron chi connectivity index (χ4n) is 3.10. The van der Waals surface area contributed by atoms with Crippen LogP contribution < -0.4 is 10.1 Å². The second kappa shape index (κ2) is 9.42. The third kappa shape index (κ3) is 5.84. The van der Waals surface area contributed by atoms with Gasteiger partial charge in [0.2, 0.25) is 5.91 Å². The van der Waals surface area contributed by atoms with Gasteiger partial charge in [-0.1, -0.05) is 35.3 Å². The minimum atomic E-state index is -0.0163. The maximum Gasteiger partial charge on any atom is 0.238 e. The molecule has 1 saturated heterocycles. The van der Waals surface area contributed by atoms with Gasteiger partial charge in [-0.05, 0) is 29.8 Å². The molecule has 0 saturated carbocycles. The fourth-order valence-corrected chi connectivity index (χ4v) is 3.57. The molecule has 1 aliphatic heterocycles. The van der Waals surface area contributed by atoms with E-state index in [-0.39, 0.29) is 5.91 Å². The minimum Gasteiger partial charge on any atom is -0.497 e. The van der Waals surface area contributed by atoms with Gasteiger partial charge in [0.05, 0.1) is 13.7 Å². The van der Waals surface area contributed by atoms with Crippen LogP contribution in [0.1, 0.15) is 5.56 Å². The van der Waals surface area contributed by atoms with Gasteiger partial charge in [-0.2, -0.15) is 0 Å². The molecular formula is C20H23Cl2N3O2. The lowest BCUT2D eigenvalue weighted by Crippen LogP contribution is -2.48. The van der Waals surface area contributed by atoms with E-state index in [1.165, 1.54) is 0 Å². The van der Waals surface area contributed by atoms with E-state index in [1.807, 2.05) is 36.4 Å². The zero-order valence-electron chi connectivity index (χ0n) is 15.3. The molecule has 144 valence electrons. The Bertz CT molecular complexity index is 793. The van der Waals surface area contributed by atoms with Gasteiger partial charge in [0.1, 0.15) is 5.75 Å². The first-order valence-electron chi connectivity index (χ1n) is 8.86. The number of anilines is 1. The average Bonchev–Trinajstić information content (AvgIpc) is 2.65. The molecule has 27 heavy (non-hydrogen) atoms. The second-order valence-electron chi connectivity index (χ2n) is 6.57. The van der Waals surface area contributed by atoms with Gasteiger partial charge in [0.15, 0.2) is 0 Å². The molecule has 0 aromatic heterocycles. The lowest BCUT2D eigenvalue weighted by atomic mass is 10.2. The summed E-state index contributed by atoms with van der Waals surface area (Å²) in [5.41, 5.74) is 1.82. The summed E-state index contributed by atoms with van der Waals surface area (Å²) in [6.45, 7) is 4.65. The highest BCUT2D eigenvalue weighted by atomic mass is 35.5. The number of rotatable bonds is 6. The summed E-state index contributed by atoms with van der Waals surface area (Å²) in [6.07, 6.45) is 0. The van der Waals surface area contributed by atoms with Crippen molar-refractivity contribution in [2.24, 2.45) is 0 Å². The molecule has 0 radical (unpaired) electrons. The van der Waals surface area contributed by atoms with E-state index in [0.717, 1.165) is 49.7 Å². The number of halogens is 2. The molecule has 1 fully saturated rings. The molecular weight excluding hydrogens is 385 g/mol. The summed E-state index contributed by atoms with van der Waals surface area (Å²) >= 11 is 12.2. The maximum atomic E-state index is 12.3. The lowest BCUT2D eigenvalue weighted by molar-refractivity contribution is -0.117. The Hall–Kier alpha value is -1.79. The van der Waals surface area contributed by atoms with Crippen molar-refractivity contribution >= 4 is 34.8 Å².